The molecule has 4 rings (SSSR count). The Morgan fingerprint density at radius 1 is 1.38 bits per heavy atom. The highest BCUT2D eigenvalue weighted by Crippen LogP contribution is 2.39. The first kappa shape index (κ1) is 15.7. The molecule has 1 aliphatic heterocycles. The van der Waals surface area contributed by atoms with Crippen molar-refractivity contribution in [1.82, 2.24) is 9.63 Å². The Morgan fingerprint density at radius 3 is 3.04 bits per heavy atom. The topological polar surface area (TPSA) is 43.7 Å². The first-order chi connectivity index (χ1) is 11.7. The van der Waals surface area contributed by atoms with Crippen molar-refractivity contribution in [3.05, 3.63) is 45.9 Å². The van der Waals surface area contributed by atoms with Crippen LogP contribution in [0.5, 0.6) is 0 Å². The van der Waals surface area contributed by atoms with Gasteiger partial charge >= 0.3 is 0 Å². The van der Waals surface area contributed by atoms with Gasteiger partial charge in [-0.05, 0) is 54.5 Å². The maximum absolute atomic E-state index is 12.6. The Hall–Kier alpha value is -1.85. The van der Waals surface area contributed by atoms with Crippen LogP contribution in [0.25, 0.3) is 10.8 Å². The highest BCUT2D eigenvalue weighted by molar-refractivity contribution is 5.83. The molecule has 2 aliphatic rings. The maximum Gasteiger partial charge on any atom is 0.290 e. The number of aryl methyl sites for hydroxylation is 1. The molecule has 1 aliphatic carbocycles. The van der Waals surface area contributed by atoms with E-state index in [9.17, 15) is 4.79 Å². The first-order valence-electron chi connectivity index (χ1n) is 8.81. The van der Waals surface area contributed by atoms with Gasteiger partial charge in [0, 0.05) is 18.8 Å². The van der Waals surface area contributed by atoms with Gasteiger partial charge in [0.15, 0.2) is 0 Å². The molecule has 0 radical (unpaired) electrons. The Balaban J connectivity index is 1.81. The summed E-state index contributed by atoms with van der Waals surface area (Å²) in [5, 5.41) is 1.68. The van der Waals surface area contributed by atoms with E-state index >= 15 is 0 Å². The molecular formula is C19H24N2O3. The minimum absolute atomic E-state index is 0.0778. The zero-order valence-corrected chi connectivity index (χ0v) is 14.3. The van der Waals surface area contributed by atoms with Crippen LogP contribution in [0.1, 0.15) is 37.0 Å². The van der Waals surface area contributed by atoms with E-state index in [2.05, 4.69) is 17.9 Å². The molecule has 128 valence electrons. The van der Waals surface area contributed by atoms with E-state index in [1.54, 1.807) is 6.20 Å². The van der Waals surface area contributed by atoms with Crippen molar-refractivity contribution < 1.29 is 9.57 Å². The number of hydrogen-bond acceptors (Lipinski definition) is 4. The lowest BCUT2D eigenvalue weighted by atomic mass is 9.83. The molecule has 0 bridgehead atoms. The molecule has 1 fully saturated rings. The molecule has 5 heteroatoms. The SMILES string of the molecule is CCCN1CCO[C@@H]2c3cc4c(=O)n(OC)ccc4cc3CC[C@H]21. The van der Waals surface area contributed by atoms with E-state index in [4.69, 9.17) is 9.57 Å². The second-order valence-corrected chi connectivity index (χ2v) is 6.70. The third-order valence-electron chi connectivity index (χ3n) is 5.35. The lowest BCUT2D eigenvalue weighted by molar-refractivity contribution is -0.0800. The fourth-order valence-corrected chi connectivity index (χ4v) is 4.23. The lowest BCUT2D eigenvalue weighted by Gasteiger charge is -2.44. The van der Waals surface area contributed by atoms with Crippen molar-refractivity contribution in [3.63, 3.8) is 0 Å². The summed E-state index contributed by atoms with van der Waals surface area (Å²) in [5.41, 5.74) is 2.39. The van der Waals surface area contributed by atoms with Gasteiger partial charge in [0.25, 0.3) is 5.56 Å². The summed E-state index contributed by atoms with van der Waals surface area (Å²) in [6.07, 6.45) is 5.09. The van der Waals surface area contributed by atoms with Gasteiger partial charge in [0.1, 0.15) is 7.11 Å². The van der Waals surface area contributed by atoms with Crippen LogP contribution in [0.3, 0.4) is 0 Å². The quantitative estimate of drug-likeness (QED) is 0.866. The number of ether oxygens (including phenoxy) is 1. The van der Waals surface area contributed by atoms with Crippen LogP contribution in [0.4, 0.5) is 0 Å². The van der Waals surface area contributed by atoms with Crippen LogP contribution in [0, 0.1) is 0 Å². The molecule has 1 saturated heterocycles. The second-order valence-electron chi connectivity index (χ2n) is 6.70. The summed E-state index contributed by atoms with van der Waals surface area (Å²) in [6.45, 7) is 5.11. The summed E-state index contributed by atoms with van der Waals surface area (Å²) < 4.78 is 7.43. The molecule has 0 spiro atoms. The zero-order valence-electron chi connectivity index (χ0n) is 14.3. The maximum atomic E-state index is 12.6. The van der Waals surface area contributed by atoms with Gasteiger partial charge in [-0.25, -0.2) is 0 Å². The van der Waals surface area contributed by atoms with Gasteiger partial charge < -0.3 is 9.57 Å². The number of nitrogens with zero attached hydrogens (tertiary/aromatic N) is 2. The number of benzene rings is 1. The van der Waals surface area contributed by atoms with Crippen LogP contribution >= 0.6 is 0 Å². The van der Waals surface area contributed by atoms with Gasteiger partial charge in [-0.3, -0.25) is 9.69 Å². The Labute approximate surface area is 141 Å². The molecule has 2 aromatic rings. The smallest absolute Gasteiger partial charge is 0.290 e. The summed E-state index contributed by atoms with van der Waals surface area (Å²) in [7, 11) is 1.51. The van der Waals surface area contributed by atoms with E-state index in [0.29, 0.717) is 11.4 Å². The third-order valence-corrected chi connectivity index (χ3v) is 5.35. The largest absolute Gasteiger partial charge is 0.414 e. The fourth-order valence-electron chi connectivity index (χ4n) is 4.23. The minimum atomic E-state index is -0.110. The Bertz CT molecular complexity index is 812. The van der Waals surface area contributed by atoms with Crippen LogP contribution in [0.2, 0.25) is 0 Å². The minimum Gasteiger partial charge on any atom is -0.414 e. The first-order valence-corrected chi connectivity index (χ1v) is 8.81. The highest BCUT2D eigenvalue weighted by Gasteiger charge is 2.37. The molecule has 2 atom stereocenters. The van der Waals surface area contributed by atoms with E-state index < -0.39 is 0 Å². The molecule has 2 heterocycles. The molecule has 0 unspecified atom stereocenters. The highest BCUT2D eigenvalue weighted by atomic mass is 16.6. The zero-order chi connectivity index (χ0) is 16.7. The number of rotatable bonds is 3. The van der Waals surface area contributed by atoms with E-state index in [-0.39, 0.29) is 11.7 Å². The molecular weight excluding hydrogens is 304 g/mol. The van der Waals surface area contributed by atoms with Crippen molar-refractivity contribution >= 4 is 10.8 Å². The van der Waals surface area contributed by atoms with Crippen LogP contribution in [-0.2, 0) is 11.2 Å². The number of hydrogen-bond donors (Lipinski definition) is 0. The number of fused-ring (bicyclic) bond motifs is 4. The van der Waals surface area contributed by atoms with Crippen LogP contribution in [0.15, 0.2) is 29.2 Å². The monoisotopic (exact) mass is 328 g/mol. The fraction of sp³-hybridized carbons (Fsp3) is 0.526. The van der Waals surface area contributed by atoms with Crippen LogP contribution in [-0.4, -0.2) is 42.5 Å². The third kappa shape index (κ3) is 2.43. The van der Waals surface area contributed by atoms with Crippen molar-refractivity contribution in [2.24, 2.45) is 0 Å². The average molecular weight is 328 g/mol. The van der Waals surface area contributed by atoms with Gasteiger partial charge in [-0.1, -0.05) is 13.0 Å². The predicted octanol–water partition coefficient (Wildman–Crippen LogP) is 2.16. The molecule has 1 aromatic carbocycles. The van der Waals surface area contributed by atoms with Gasteiger partial charge in [0.05, 0.1) is 18.1 Å². The van der Waals surface area contributed by atoms with Crippen molar-refractivity contribution in [2.75, 3.05) is 26.8 Å². The van der Waals surface area contributed by atoms with Crippen molar-refractivity contribution in [1.29, 1.82) is 0 Å². The average Bonchev–Trinajstić information content (AvgIpc) is 2.61. The van der Waals surface area contributed by atoms with Crippen molar-refractivity contribution in [3.8, 4) is 0 Å². The van der Waals surface area contributed by atoms with Crippen molar-refractivity contribution in [2.45, 2.75) is 38.3 Å². The molecule has 5 nitrogen and oxygen atoms in total. The summed E-state index contributed by atoms with van der Waals surface area (Å²) >= 11 is 0. The van der Waals surface area contributed by atoms with Crippen LogP contribution < -0.4 is 10.4 Å². The normalized spacial score (nSPS) is 23.8. The predicted molar refractivity (Wildman–Crippen MR) is 93.4 cm³/mol. The van der Waals surface area contributed by atoms with Gasteiger partial charge in [-0.15, -0.1) is 0 Å². The second kappa shape index (κ2) is 6.22. The number of morpholine rings is 1. The van der Waals surface area contributed by atoms with E-state index in [0.717, 1.165) is 44.3 Å². The number of pyridine rings is 1. The molecule has 24 heavy (non-hydrogen) atoms. The van der Waals surface area contributed by atoms with E-state index in [1.165, 1.54) is 23.0 Å². The Morgan fingerprint density at radius 2 is 2.25 bits per heavy atom. The summed E-state index contributed by atoms with van der Waals surface area (Å²) in [4.78, 5) is 20.2. The standard InChI is InChI=1S/C19H24N2O3/c1-3-7-20-9-10-24-18-15-12-16-14(6-8-21(23-2)19(16)22)11-13(15)4-5-17(18)20/h6,8,11-12,17-18H,3-5,7,9-10H2,1-2H3/t17-,18-/m1/s1. The lowest BCUT2D eigenvalue weighted by Crippen LogP contribution is -2.49. The van der Waals surface area contributed by atoms with E-state index in [1.807, 2.05) is 12.1 Å². The Kier molecular flexibility index (Phi) is 4.06. The van der Waals surface area contributed by atoms with Gasteiger partial charge in [-0.2, -0.15) is 4.73 Å². The molecule has 0 amide bonds. The summed E-state index contributed by atoms with van der Waals surface area (Å²) in [5.74, 6) is 0. The molecule has 0 saturated carbocycles. The van der Waals surface area contributed by atoms with Gasteiger partial charge in [0.2, 0.25) is 0 Å². The summed E-state index contributed by atoms with van der Waals surface area (Å²) in [6, 6.07) is 6.56. The number of aromatic nitrogens is 1. The molecule has 0 N–H and O–H groups in total. The molecule has 1 aromatic heterocycles.